The van der Waals surface area contributed by atoms with Crippen LogP contribution in [0.5, 0.6) is 5.75 Å². The number of rotatable bonds is 2. The highest BCUT2D eigenvalue weighted by Gasteiger charge is 2.75. The minimum Gasteiger partial charge on any atom is -0.487 e. The maximum atomic E-state index is 13.2. The van der Waals surface area contributed by atoms with Gasteiger partial charge < -0.3 is 14.4 Å². The maximum Gasteiger partial charge on any atom is 0.303 e. The van der Waals surface area contributed by atoms with Crippen molar-refractivity contribution in [3.8, 4) is 17.6 Å². The molecule has 0 unspecified atom stereocenters. The molecule has 0 aromatic heterocycles. The molecule has 1 amide bonds. The summed E-state index contributed by atoms with van der Waals surface area (Å²) in [5, 5.41) is 0. The first kappa shape index (κ1) is 22.2. The van der Waals surface area contributed by atoms with Gasteiger partial charge >= 0.3 is 5.97 Å². The van der Waals surface area contributed by atoms with E-state index in [-0.39, 0.29) is 30.1 Å². The van der Waals surface area contributed by atoms with Crippen molar-refractivity contribution >= 4 is 11.9 Å². The van der Waals surface area contributed by atoms with Gasteiger partial charge in [-0.1, -0.05) is 36.3 Å². The van der Waals surface area contributed by atoms with Crippen LogP contribution in [0, 0.1) is 11.8 Å². The van der Waals surface area contributed by atoms with Gasteiger partial charge in [0.15, 0.2) is 0 Å². The summed E-state index contributed by atoms with van der Waals surface area (Å²) in [6, 6.07) is 15.7. The summed E-state index contributed by atoms with van der Waals surface area (Å²) in [4.78, 5) is 29.8. The van der Waals surface area contributed by atoms with Crippen molar-refractivity contribution in [2.24, 2.45) is 0 Å². The molecular weight excluding hydrogens is 440 g/mol. The Morgan fingerprint density at radius 1 is 1.14 bits per heavy atom. The van der Waals surface area contributed by atoms with Gasteiger partial charge in [0.25, 0.3) is 5.91 Å². The van der Waals surface area contributed by atoms with E-state index in [1.54, 1.807) is 4.90 Å². The van der Waals surface area contributed by atoms with Crippen LogP contribution in [0.2, 0.25) is 0 Å². The quantitative estimate of drug-likeness (QED) is 0.499. The van der Waals surface area contributed by atoms with Crippen LogP contribution in [-0.4, -0.2) is 66.1 Å². The predicted octanol–water partition coefficient (Wildman–Crippen LogP) is 2.92. The average molecular weight is 471 g/mol. The van der Waals surface area contributed by atoms with Gasteiger partial charge in [0, 0.05) is 31.0 Å². The monoisotopic (exact) mass is 470 g/mol. The smallest absolute Gasteiger partial charge is 0.303 e. The van der Waals surface area contributed by atoms with Gasteiger partial charge in [-0.25, -0.2) is 0 Å². The topological polar surface area (TPSA) is 59.1 Å². The molecule has 5 atom stereocenters. The Balaban J connectivity index is 1.43. The van der Waals surface area contributed by atoms with Crippen LogP contribution >= 0.6 is 0 Å². The lowest BCUT2D eigenvalue weighted by Crippen LogP contribution is -2.78. The van der Waals surface area contributed by atoms with Crippen molar-refractivity contribution in [3.63, 3.8) is 0 Å². The van der Waals surface area contributed by atoms with Crippen molar-refractivity contribution < 1.29 is 19.1 Å². The van der Waals surface area contributed by atoms with Crippen molar-refractivity contribution in [1.82, 2.24) is 9.80 Å². The summed E-state index contributed by atoms with van der Waals surface area (Å²) in [5.41, 5.74) is 2.11. The van der Waals surface area contributed by atoms with Crippen molar-refractivity contribution in [2.75, 3.05) is 20.6 Å². The Bertz CT molecular complexity index is 1260. The number of benzene rings is 2. The Morgan fingerprint density at radius 3 is 2.71 bits per heavy atom. The lowest BCUT2D eigenvalue weighted by atomic mass is 9.48. The second-order valence-electron chi connectivity index (χ2n) is 10.4. The van der Waals surface area contributed by atoms with Gasteiger partial charge in [0.1, 0.15) is 17.5 Å². The standard InChI is InChI=1S/C29H30N2O4/c1-19(32)35-29-15-14-22(31(3)25(33)13-12-20-8-5-4-6-9-20)27-28(29)16-17-30(2)24(29)18-21-10-7-11-23(34-27)26(21)28/h4-11,22,24,27H,14-18H2,1-3H3/t22-,24+,27-,28-,29+/m0/s1. The molecule has 2 aromatic rings. The van der Waals surface area contributed by atoms with E-state index in [0.29, 0.717) is 12.8 Å². The summed E-state index contributed by atoms with van der Waals surface area (Å²) in [6.45, 7) is 2.40. The molecule has 0 N–H and O–H groups in total. The molecule has 2 aliphatic carbocycles. The van der Waals surface area contributed by atoms with E-state index < -0.39 is 11.0 Å². The fraction of sp³-hybridized carbons (Fsp3) is 0.448. The van der Waals surface area contributed by atoms with Gasteiger partial charge in [0.2, 0.25) is 0 Å². The van der Waals surface area contributed by atoms with Gasteiger partial charge in [0.05, 0.1) is 17.5 Å². The Hall–Kier alpha value is -3.30. The fourth-order valence-corrected chi connectivity index (χ4v) is 7.41. The second kappa shape index (κ2) is 7.86. The zero-order valence-electron chi connectivity index (χ0n) is 20.4. The highest BCUT2D eigenvalue weighted by atomic mass is 16.6. The number of likely N-dealkylation sites (N-methyl/N-ethyl adjacent to an activating group) is 2. The molecular formula is C29H30N2O4. The van der Waals surface area contributed by atoms with E-state index in [1.165, 1.54) is 18.1 Å². The molecule has 1 spiro atoms. The van der Waals surface area contributed by atoms with Gasteiger partial charge in [-0.15, -0.1) is 0 Å². The summed E-state index contributed by atoms with van der Waals surface area (Å²) < 4.78 is 13.1. The maximum absolute atomic E-state index is 13.2. The van der Waals surface area contributed by atoms with Crippen LogP contribution in [0.25, 0.3) is 0 Å². The molecule has 2 fully saturated rings. The van der Waals surface area contributed by atoms with E-state index >= 15 is 0 Å². The van der Waals surface area contributed by atoms with Crippen LogP contribution in [0.1, 0.15) is 42.9 Å². The third kappa shape index (κ3) is 3.01. The molecule has 1 saturated carbocycles. The second-order valence-corrected chi connectivity index (χ2v) is 10.4. The fourth-order valence-electron chi connectivity index (χ4n) is 7.41. The van der Waals surface area contributed by atoms with E-state index in [1.807, 2.05) is 49.5 Å². The summed E-state index contributed by atoms with van der Waals surface area (Å²) in [7, 11) is 3.95. The average Bonchev–Trinajstić information content (AvgIpc) is 3.19. The SMILES string of the molecule is CC(=O)O[C@@]12CC[C@H](N(C)C(=O)C#Cc3ccccc3)[C@@H]3Oc4cccc5c4[C@@]31CCN(C)[C@@H]2C5. The summed E-state index contributed by atoms with van der Waals surface area (Å²) >= 11 is 0. The van der Waals surface area contributed by atoms with Gasteiger partial charge in [-0.2, -0.15) is 0 Å². The molecule has 180 valence electrons. The molecule has 2 aromatic carbocycles. The summed E-state index contributed by atoms with van der Waals surface area (Å²) in [5.74, 6) is 6.20. The van der Waals surface area contributed by atoms with Crippen LogP contribution in [-0.2, 0) is 26.2 Å². The number of hydrogen-bond donors (Lipinski definition) is 0. The van der Waals surface area contributed by atoms with Crippen LogP contribution < -0.4 is 4.74 Å². The normalized spacial score (nSPS) is 31.9. The number of amides is 1. The molecule has 1 saturated heterocycles. The minimum absolute atomic E-state index is 0.0759. The van der Waals surface area contributed by atoms with Crippen LogP contribution in [0.4, 0.5) is 0 Å². The largest absolute Gasteiger partial charge is 0.487 e. The minimum atomic E-state index is -0.674. The number of nitrogens with zero attached hydrogens (tertiary/aromatic N) is 2. The molecule has 2 heterocycles. The highest BCUT2D eigenvalue weighted by Crippen LogP contribution is 2.65. The van der Waals surface area contributed by atoms with E-state index in [2.05, 4.69) is 29.9 Å². The molecule has 6 rings (SSSR count). The van der Waals surface area contributed by atoms with Gasteiger partial charge in [-0.05, 0) is 63.0 Å². The number of piperidine rings is 1. The first-order valence-corrected chi connectivity index (χ1v) is 12.4. The molecule has 2 bridgehead atoms. The Labute approximate surface area is 206 Å². The van der Waals surface area contributed by atoms with E-state index in [0.717, 1.165) is 30.7 Å². The predicted molar refractivity (Wildman–Crippen MR) is 131 cm³/mol. The third-order valence-electron chi connectivity index (χ3n) is 8.79. The first-order chi connectivity index (χ1) is 16.9. The molecule has 2 aliphatic heterocycles. The third-order valence-corrected chi connectivity index (χ3v) is 8.79. The lowest BCUT2D eigenvalue weighted by Gasteiger charge is -2.65. The Kier molecular flexibility index (Phi) is 4.98. The lowest BCUT2D eigenvalue weighted by molar-refractivity contribution is -0.220. The zero-order valence-corrected chi connectivity index (χ0v) is 20.4. The van der Waals surface area contributed by atoms with E-state index in [9.17, 15) is 9.59 Å². The molecule has 6 nitrogen and oxygen atoms in total. The zero-order chi connectivity index (χ0) is 24.4. The Morgan fingerprint density at radius 2 is 1.94 bits per heavy atom. The van der Waals surface area contributed by atoms with E-state index in [4.69, 9.17) is 9.47 Å². The highest BCUT2D eigenvalue weighted by molar-refractivity contribution is 5.94. The number of hydrogen-bond acceptors (Lipinski definition) is 5. The molecule has 0 radical (unpaired) electrons. The number of ether oxygens (including phenoxy) is 2. The molecule has 4 aliphatic rings. The number of carbonyl (C=O) groups is 2. The number of likely N-dealkylation sites (tertiary alicyclic amines) is 1. The van der Waals surface area contributed by atoms with Crippen molar-refractivity contribution in [2.45, 2.75) is 61.8 Å². The molecule has 6 heteroatoms. The van der Waals surface area contributed by atoms with Gasteiger partial charge in [-0.3, -0.25) is 14.5 Å². The number of esters is 1. The summed E-state index contributed by atoms with van der Waals surface area (Å²) in [6.07, 6.45) is 2.71. The van der Waals surface area contributed by atoms with Crippen LogP contribution in [0.15, 0.2) is 48.5 Å². The van der Waals surface area contributed by atoms with Crippen molar-refractivity contribution in [3.05, 3.63) is 65.2 Å². The molecule has 35 heavy (non-hydrogen) atoms. The first-order valence-electron chi connectivity index (χ1n) is 12.4. The van der Waals surface area contributed by atoms with Crippen LogP contribution in [0.3, 0.4) is 0 Å². The number of carbonyl (C=O) groups excluding carboxylic acids is 2. The van der Waals surface area contributed by atoms with Crippen molar-refractivity contribution in [1.29, 1.82) is 0 Å².